The predicted octanol–water partition coefficient (Wildman–Crippen LogP) is 3.79. The van der Waals surface area contributed by atoms with Gasteiger partial charge in [0.1, 0.15) is 11.5 Å². The zero-order chi connectivity index (χ0) is 14.0. The van der Waals surface area contributed by atoms with Crippen molar-refractivity contribution in [1.82, 2.24) is 9.78 Å². The monoisotopic (exact) mass is 324 g/mol. The lowest BCUT2D eigenvalue weighted by atomic mass is 10.1. The second-order valence-electron chi connectivity index (χ2n) is 4.61. The van der Waals surface area contributed by atoms with Gasteiger partial charge < -0.3 is 0 Å². The summed E-state index contributed by atoms with van der Waals surface area (Å²) in [5, 5.41) is 4.18. The lowest BCUT2D eigenvalue weighted by Crippen LogP contribution is -2.14. The zero-order valence-corrected chi connectivity index (χ0v) is 12.3. The Morgan fingerprint density at radius 1 is 1.37 bits per heavy atom. The minimum atomic E-state index is -0.301. The molecule has 0 N–H and O–H groups in total. The van der Waals surface area contributed by atoms with Crippen LogP contribution in [0.15, 0.2) is 34.9 Å². The maximum atomic E-state index is 12.8. The first kappa shape index (κ1) is 13.9. The molecule has 19 heavy (non-hydrogen) atoms. The van der Waals surface area contributed by atoms with Crippen molar-refractivity contribution in [2.45, 2.75) is 26.3 Å². The number of Topliss-reactive ketones (excluding diaryl/α,β-unsaturated/α-hetero) is 1. The highest BCUT2D eigenvalue weighted by Crippen LogP contribution is 2.21. The summed E-state index contributed by atoms with van der Waals surface area (Å²) in [6.07, 6.45) is 1.86. The van der Waals surface area contributed by atoms with Gasteiger partial charge in [-0.2, -0.15) is 5.10 Å². The Kier molecular flexibility index (Phi) is 4.14. The number of halogens is 2. The van der Waals surface area contributed by atoms with Gasteiger partial charge in [-0.1, -0.05) is 12.1 Å². The van der Waals surface area contributed by atoms with Crippen molar-refractivity contribution in [3.8, 4) is 0 Å². The van der Waals surface area contributed by atoms with Crippen LogP contribution in [-0.2, 0) is 6.42 Å². The molecule has 2 aromatic rings. The SMILES string of the molecule is CC(C)n1ncc(Br)c1C(=O)Cc1ccc(F)cc1. The Hall–Kier alpha value is -1.49. The second-order valence-corrected chi connectivity index (χ2v) is 5.46. The summed E-state index contributed by atoms with van der Waals surface area (Å²) in [5.74, 6) is -0.339. The highest BCUT2D eigenvalue weighted by atomic mass is 79.9. The highest BCUT2D eigenvalue weighted by molar-refractivity contribution is 9.10. The van der Waals surface area contributed by atoms with Crippen LogP contribution in [0, 0.1) is 5.82 Å². The maximum absolute atomic E-state index is 12.8. The topological polar surface area (TPSA) is 34.9 Å². The third kappa shape index (κ3) is 3.10. The molecule has 0 fully saturated rings. The van der Waals surface area contributed by atoms with Crippen molar-refractivity contribution in [3.05, 3.63) is 52.0 Å². The lowest BCUT2D eigenvalue weighted by Gasteiger charge is -2.10. The summed E-state index contributed by atoms with van der Waals surface area (Å²) in [6.45, 7) is 3.93. The first-order valence-corrected chi connectivity index (χ1v) is 6.79. The van der Waals surface area contributed by atoms with E-state index in [0.717, 1.165) is 5.56 Å². The van der Waals surface area contributed by atoms with E-state index in [2.05, 4.69) is 21.0 Å². The minimum absolute atomic E-state index is 0.0373. The number of carbonyl (C=O) groups is 1. The van der Waals surface area contributed by atoms with E-state index in [-0.39, 0.29) is 24.1 Å². The molecule has 0 radical (unpaired) electrons. The lowest BCUT2D eigenvalue weighted by molar-refractivity contribution is 0.0980. The molecule has 100 valence electrons. The van der Waals surface area contributed by atoms with Gasteiger partial charge >= 0.3 is 0 Å². The van der Waals surface area contributed by atoms with Crippen molar-refractivity contribution in [2.75, 3.05) is 0 Å². The third-order valence-corrected chi connectivity index (χ3v) is 3.36. The van der Waals surface area contributed by atoms with Crippen LogP contribution in [0.5, 0.6) is 0 Å². The van der Waals surface area contributed by atoms with Crippen LogP contribution in [0.2, 0.25) is 0 Å². The third-order valence-electron chi connectivity index (χ3n) is 2.78. The molecule has 1 aromatic carbocycles. The van der Waals surface area contributed by atoms with E-state index in [1.807, 2.05) is 13.8 Å². The summed E-state index contributed by atoms with van der Waals surface area (Å²) < 4.78 is 15.2. The normalized spacial score (nSPS) is 11.0. The van der Waals surface area contributed by atoms with Crippen LogP contribution in [-0.4, -0.2) is 15.6 Å². The van der Waals surface area contributed by atoms with Crippen LogP contribution in [0.3, 0.4) is 0 Å². The van der Waals surface area contributed by atoms with E-state index in [4.69, 9.17) is 0 Å². The van der Waals surface area contributed by atoms with Crippen LogP contribution >= 0.6 is 15.9 Å². The van der Waals surface area contributed by atoms with Gasteiger partial charge in [0, 0.05) is 12.5 Å². The van der Waals surface area contributed by atoms with E-state index in [1.165, 1.54) is 12.1 Å². The molecule has 0 unspecified atom stereocenters. The zero-order valence-electron chi connectivity index (χ0n) is 10.7. The van der Waals surface area contributed by atoms with Gasteiger partial charge in [0.15, 0.2) is 5.78 Å². The molecule has 0 aliphatic rings. The molecule has 0 spiro atoms. The molecule has 0 aliphatic heterocycles. The summed E-state index contributed by atoms with van der Waals surface area (Å²) in [5.41, 5.74) is 1.34. The van der Waals surface area contributed by atoms with Gasteiger partial charge in [-0.05, 0) is 47.5 Å². The first-order chi connectivity index (χ1) is 8.99. The summed E-state index contributed by atoms with van der Waals surface area (Å²) in [4.78, 5) is 12.3. The van der Waals surface area contributed by atoms with Crippen LogP contribution in [0.1, 0.15) is 35.9 Å². The molecule has 1 aromatic heterocycles. The molecular formula is C14H14BrFN2O. The Labute approximate surface area is 119 Å². The number of hydrogen-bond acceptors (Lipinski definition) is 2. The number of aromatic nitrogens is 2. The van der Waals surface area contributed by atoms with Crippen molar-refractivity contribution in [1.29, 1.82) is 0 Å². The summed E-state index contributed by atoms with van der Waals surface area (Å²) in [6, 6.07) is 6.07. The van der Waals surface area contributed by atoms with Crippen molar-refractivity contribution in [3.63, 3.8) is 0 Å². The van der Waals surface area contributed by atoms with E-state index < -0.39 is 0 Å². The molecular weight excluding hydrogens is 311 g/mol. The molecule has 1 heterocycles. The molecule has 2 rings (SSSR count). The van der Waals surface area contributed by atoms with Gasteiger partial charge in [-0.25, -0.2) is 4.39 Å². The largest absolute Gasteiger partial charge is 0.292 e. The van der Waals surface area contributed by atoms with Gasteiger partial charge in [-0.15, -0.1) is 0 Å². The highest BCUT2D eigenvalue weighted by Gasteiger charge is 2.18. The van der Waals surface area contributed by atoms with Gasteiger partial charge in [0.2, 0.25) is 0 Å². The van der Waals surface area contributed by atoms with Crippen molar-refractivity contribution in [2.24, 2.45) is 0 Å². The van der Waals surface area contributed by atoms with Crippen LogP contribution in [0.4, 0.5) is 4.39 Å². The molecule has 0 atom stereocenters. The molecule has 0 bridgehead atoms. The van der Waals surface area contributed by atoms with E-state index in [1.54, 1.807) is 23.0 Å². The quantitative estimate of drug-likeness (QED) is 0.802. The molecule has 0 saturated heterocycles. The van der Waals surface area contributed by atoms with Crippen LogP contribution < -0.4 is 0 Å². The average molecular weight is 325 g/mol. The molecule has 5 heteroatoms. The summed E-state index contributed by atoms with van der Waals surface area (Å²) in [7, 11) is 0. The van der Waals surface area contributed by atoms with Crippen LogP contribution in [0.25, 0.3) is 0 Å². The fourth-order valence-corrected chi connectivity index (χ4v) is 2.36. The number of rotatable bonds is 4. The smallest absolute Gasteiger partial charge is 0.186 e. The van der Waals surface area contributed by atoms with Gasteiger partial charge in [0.05, 0.1) is 10.7 Å². The molecule has 0 aliphatic carbocycles. The average Bonchev–Trinajstić information content (AvgIpc) is 2.74. The fraction of sp³-hybridized carbons (Fsp3) is 0.286. The van der Waals surface area contributed by atoms with E-state index in [0.29, 0.717) is 10.2 Å². The second kappa shape index (κ2) is 5.65. The Morgan fingerprint density at radius 2 is 2.00 bits per heavy atom. The van der Waals surface area contributed by atoms with E-state index in [9.17, 15) is 9.18 Å². The number of ketones is 1. The maximum Gasteiger partial charge on any atom is 0.186 e. The fourth-order valence-electron chi connectivity index (χ4n) is 1.87. The molecule has 0 amide bonds. The van der Waals surface area contributed by atoms with E-state index >= 15 is 0 Å². The Bertz CT molecular complexity index is 590. The Balaban J connectivity index is 2.25. The molecule has 3 nitrogen and oxygen atoms in total. The van der Waals surface area contributed by atoms with Crippen molar-refractivity contribution >= 4 is 21.7 Å². The first-order valence-electron chi connectivity index (χ1n) is 5.99. The number of carbonyl (C=O) groups excluding carboxylic acids is 1. The predicted molar refractivity (Wildman–Crippen MR) is 74.7 cm³/mol. The minimum Gasteiger partial charge on any atom is -0.292 e. The van der Waals surface area contributed by atoms with Crippen molar-refractivity contribution < 1.29 is 9.18 Å². The summed E-state index contributed by atoms with van der Waals surface area (Å²) >= 11 is 3.35. The van der Waals surface area contributed by atoms with Gasteiger partial charge in [-0.3, -0.25) is 9.48 Å². The number of benzene rings is 1. The number of hydrogen-bond donors (Lipinski definition) is 0. The molecule has 0 saturated carbocycles. The van der Waals surface area contributed by atoms with Gasteiger partial charge in [0.25, 0.3) is 0 Å². The Morgan fingerprint density at radius 3 is 2.58 bits per heavy atom. The standard InChI is InChI=1S/C14H14BrFN2O/c1-9(2)18-14(12(15)8-17-18)13(19)7-10-3-5-11(16)6-4-10/h3-6,8-9H,7H2,1-2H3. The number of nitrogens with zero attached hydrogens (tertiary/aromatic N) is 2.